The summed E-state index contributed by atoms with van der Waals surface area (Å²) in [6.45, 7) is 0. The first kappa shape index (κ1) is 13.6. The molecule has 1 aromatic heterocycles. The number of hydrogen-bond donors (Lipinski definition) is 1. The molecule has 1 N–H and O–H groups in total. The fourth-order valence-corrected chi connectivity index (χ4v) is 1.50. The third-order valence-electron chi connectivity index (χ3n) is 2.41. The van der Waals surface area contributed by atoms with Gasteiger partial charge in [-0.1, -0.05) is 0 Å². The van der Waals surface area contributed by atoms with Gasteiger partial charge in [-0.15, -0.1) is 5.21 Å². The topological polar surface area (TPSA) is 109 Å². The van der Waals surface area contributed by atoms with Gasteiger partial charge >= 0.3 is 0 Å². The largest absolute Gasteiger partial charge is 0.496 e. The van der Waals surface area contributed by atoms with E-state index in [1.54, 1.807) is 33.5 Å². The van der Waals surface area contributed by atoms with Crippen molar-refractivity contribution in [2.45, 2.75) is 0 Å². The van der Waals surface area contributed by atoms with E-state index in [1.807, 2.05) is 0 Å². The van der Waals surface area contributed by atoms with E-state index >= 15 is 0 Å². The van der Waals surface area contributed by atoms with Crippen molar-refractivity contribution in [3.8, 4) is 17.2 Å². The Morgan fingerprint density at radius 1 is 1.10 bits per heavy atom. The van der Waals surface area contributed by atoms with Crippen LogP contribution in [0.3, 0.4) is 0 Å². The number of H-pyrrole nitrogens is 1. The molecule has 0 bridgehead atoms. The molecular formula is C11H13N6O3-. The van der Waals surface area contributed by atoms with Crippen LogP contribution in [-0.2, 0) is 0 Å². The quantitative estimate of drug-likeness (QED) is 0.629. The number of tetrazole rings is 1. The smallest absolute Gasteiger partial charge is 0.164 e. The standard InChI is InChI=1S/C11H13N6O3/c1-18-8-5-10(20-3)9(19-2)4-7(8)6-12-13-11-14-16-17-15-11/h4-6H,1-3H3,(H-,13,14,15,16,17)/q-1/b12-6-. The van der Waals surface area contributed by atoms with Crippen LogP contribution in [0, 0.1) is 0 Å². The summed E-state index contributed by atoms with van der Waals surface area (Å²) >= 11 is 0. The van der Waals surface area contributed by atoms with Crippen LogP contribution in [0.15, 0.2) is 17.2 Å². The zero-order chi connectivity index (χ0) is 14.4. The fourth-order valence-electron chi connectivity index (χ4n) is 1.50. The molecule has 0 aliphatic heterocycles. The van der Waals surface area contributed by atoms with Gasteiger partial charge in [-0.3, -0.25) is 20.8 Å². The normalized spacial score (nSPS) is 10.6. The molecule has 1 aromatic carbocycles. The van der Waals surface area contributed by atoms with Crippen molar-refractivity contribution in [1.82, 2.24) is 20.6 Å². The van der Waals surface area contributed by atoms with Gasteiger partial charge in [-0.2, -0.15) is 0 Å². The predicted molar refractivity (Wildman–Crippen MR) is 70.9 cm³/mol. The second kappa shape index (κ2) is 6.36. The Labute approximate surface area is 114 Å². The van der Waals surface area contributed by atoms with E-state index in [0.29, 0.717) is 22.8 Å². The number of aromatic nitrogens is 4. The minimum Gasteiger partial charge on any atom is -0.496 e. The van der Waals surface area contributed by atoms with Crippen LogP contribution in [0.5, 0.6) is 17.2 Å². The van der Waals surface area contributed by atoms with Crippen molar-refractivity contribution in [2.75, 3.05) is 21.3 Å². The number of benzene rings is 1. The highest BCUT2D eigenvalue weighted by molar-refractivity contribution is 5.85. The molecule has 0 atom stereocenters. The zero-order valence-corrected chi connectivity index (χ0v) is 11.2. The highest BCUT2D eigenvalue weighted by atomic mass is 16.5. The third kappa shape index (κ3) is 2.94. The van der Waals surface area contributed by atoms with Crippen LogP contribution >= 0.6 is 0 Å². The lowest BCUT2D eigenvalue weighted by Gasteiger charge is -2.11. The lowest BCUT2D eigenvalue weighted by atomic mass is 10.2. The summed E-state index contributed by atoms with van der Waals surface area (Å²) in [5, 5.41) is 16.8. The van der Waals surface area contributed by atoms with E-state index in [2.05, 4.69) is 31.2 Å². The van der Waals surface area contributed by atoms with Gasteiger partial charge in [0.2, 0.25) is 0 Å². The lowest BCUT2D eigenvalue weighted by Crippen LogP contribution is -1.96. The average Bonchev–Trinajstić information content (AvgIpc) is 2.99. The van der Waals surface area contributed by atoms with E-state index in [-0.39, 0.29) is 5.95 Å². The number of nitrogens with one attached hydrogen (secondary N) is 1. The number of ether oxygens (including phenoxy) is 3. The van der Waals surface area contributed by atoms with Gasteiger partial charge in [-0.05, 0) is 6.07 Å². The van der Waals surface area contributed by atoms with Gasteiger partial charge < -0.3 is 14.2 Å². The molecule has 106 valence electrons. The van der Waals surface area contributed by atoms with E-state index in [0.717, 1.165) is 0 Å². The van der Waals surface area contributed by atoms with Crippen molar-refractivity contribution in [3.05, 3.63) is 23.1 Å². The Bertz CT molecular complexity index is 584. The lowest BCUT2D eigenvalue weighted by molar-refractivity contribution is 0.349. The van der Waals surface area contributed by atoms with Crippen molar-refractivity contribution >= 4 is 12.2 Å². The van der Waals surface area contributed by atoms with E-state index < -0.39 is 0 Å². The molecule has 0 saturated heterocycles. The summed E-state index contributed by atoms with van der Waals surface area (Å²) in [6, 6.07) is 3.43. The molecule has 0 amide bonds. The van der Waals surface area contributed by atoms with E-state index in [4.69, 9.17) is 14.2 Å². The summed E-state index contributed by atoms with van der Waals surface area (Å²) in [5.41, 5.74) is 4.44. The zero-order valence-electron chi connectivity index (χ0n) is 11.2. The predicted octanol–water partition coefficient (Wildman–Crippen LogP) is 1.26. The van der Waals surface area contributed by atoms with Crippen molar-refractivity contribution in [3.63, 3.8) is 0 Å². The maximum Gasteiger partial charge on any atom is 0.164 e. The molecule has 2 rings (SSSR count). The van der Waals surface area contributed by atoms with Gasteiger partial charge in [0.05, 0.1) is 27.3 Å². The monoisotopic (exact) mass is 277 g/mol. The van der Waals surface area contributed by atoms with Gasteiger partial charge in [0.1, 0.15) is 5.75 Å². The first-order valence-corrected chi connectivity index (χ1v) is 5.56. The molecule has 0 unspecified atom stereocenters. The summed E-state index contributed by atoms with van der Waals surface area (Å²) in [4.78, 5) is 0. The van der Waals surface area contributed by atoms with Crippen molar-refractivity contribution in [2.24, 2.45) is 5.10 Å². The molecule has 0 saturated carbocycles. The van der Waals surface area contributed by atoms with Crippen molar-refractivity contribution < 1.29 is 14.2 Å². The van der Waals surface area contributed by atoms with Crippen molar-refractivity contribution in [1.29, 1.82) is 0 Å². The molecule has 0 aliphatic carbocycles. The van der Waals surface area contributed by atoms with E-state index in [9.17, 15) is 0 Å². The highest BCUT2D eigenvalue weighted by Crippen LogP contribution is 2.33. The Kier molecular flexibility index (Phi) is 4.32. The molecule has 2 aromatic rings. The maximum absolute atomic E-state index is 5.26. The number of hydrogen-bond acceptors (Lipinski definition) is 7. The second-order valence-corrected chi connectivity index (χ2v) is 3.51. The number of nitrogens with zero attached hydrogens (tertiary/aromatic N) is 5. The third-order valence-corrected chi connectivity index (χ3v) is 2.41. The van der Waals surface area contributed by atoms with Crippen LogP contribution in [-0.4, -0.2) is 48.2 Å². The maximum atomic E-state index is 5.26. The average molecular weight is 277 g/mol. The number of aromatic amines is 1. The Morgan fingerprint density at radius 3 is 2.40 bits per heavy atom. The number of rotatable bonds is 6. The van der Waals surface area contributed by atoms with Crippen LogP contribution < -0.4 is 14.2 Å². The second-order valence-electron chi connectivity index (χ2n) is 3.51. The molecule has 0 radical (unpaired) electrons. The number of methoxy groups -OCH3 is 3. The van der Waals surface area contributed by atoms with Crippen LogP contribution in [0.2, 0.25) is 0 Å². The van der Waals surface area contributed by atoms with Crippen LogP contribution in [0.25, 0.3) is 5.43 Å². The molecule has 1 heterocycles. The Balaban J connectivity index is 2.23. The molecule has 20 heavy (non-hydrogen) atoms. The minimum absolute atomic E-state index is 0.140. The van der Waals surface area contributed by atoms with Gasteiger partial charge in [0.15, 0.2) is 11.5 Å². The molecular weight excluding hydrogens is 264 g/mol. The molecule has 0 spiro atoms. The van der Waals surface area contributed by atoms with Crippen LogP contribution in [0.4, 0.5) is 5.95 Å². The van der Waals surface area contributed by atoms with Gasteiger partial charge in [-0.25, -0.2) is 5.10 Å². The SMILES string of the molecule is COc1cc(OC)c(OC)cc1/C=N\[N-]c1nn[nH]n1. The first-order chi connectivity index (χ1) is 9.78. The Morgan fingerprint density at radius 2 is 1.80 bits per heavy atom. The summed E-state index contributed by atoms with van der Waals surface area (Å²) in [6.07, 6.45) is 1.50. The van der Waals surface area contributed by atoms with Gasteiger partial charge in [0.25, 0.3) is 0 Å². The van der Waals surface area contributed by atoms with Crippen LogP contribution in [0.1, 0.15) is 5.56 Å². The summed E-state index contributed by atoms with van der Waals surface area (Å²) in [5.74, 6) is 1.85. The Hall–Kier alpha value is -2.84. The van der Waals surface area contributed by atoms with E-state index in [1.165, 1.54) is 6.21 Å². The summed E-state index contributed by atoms with van der Waals surface area (Å²) < 4.78 is 15.7. The highest BCUT2D eigenvalue weighted by Gasteiger charge is 2.10. The molecule has 0 fully saturated rings. The molecule has 9 nitrogen and oxygen atoms in total. The van der Waals surface area contributed by atoms with Gasteiger partial charge in [0, 0.05) is 17.8 Å². The first-order valence-electron chi connectivity index (χ1n) is 5.56. The minimum atomic E-state index is 0.140. The summed E-state index contributed by atoms with van der Waals surface area (Å²) in [7, 11) is 4.65. The fraction of sp³-hybridized carbons (Fsp3) is 0.273. The molecule has 0 aliphatic rings. The molecule has 9 heteroatoms.